The van der Waals surface area contributed by atoms with Crippen LogP contribution in [0.1, 0.15) is 37.3 Å². The summed E-state index contributed by atoms with van der Waals surface area (Å²) in [6.07, 6.45) is 1.41. The van der Waals surface area contributed by atoms with E-state index in [1.54, 1.807) is 4.90 Å². The molecule has 1 aliphatic rings. The van der Waals surface area contributed by atoms with Gasteiger partial charge in [-0.2, -0.15) is 0 Å². The molecule has 2 amide bonds. The van der Waals surface area contributed by atoms with Gasteiger partial charge in [0.1, 0.15) is 5.75 Å². The zero-order valence-corrected chi connectivity index (χ0v) is 14.2. The van der Waals surface area contributed by atoms with E-state index in [9.17, 15) is 9.59 Å². The van der Waals surface area contributed by atoms with Crippen molar-refractivity contribution in [1.29, 1.82) is 0 Å². The number of carbonyl (C=O) groups is 2. The third-order valence-corrected chi connectivity index (χ3v) is 4.47. The molecule has 0 saturated carbocycles. The Morgan fingerprint density at radius 2 is 1.96 bits per heavy atom. The fraction of sp³-hybridized carbons (Fsp3) is 0.556. The average molecular weight is 318 g/mol. The van der Waals surface area contributed by atoms with Gasteiger partial charge in [0.2, 0.25) is 5.91 Å². The van der Waals surface area contributed by atoms with E-state index < -0.39 is 6.10 Å². The Kier molecular flexibility index (Phi) is 5.64. The van der Waals surface area contributed by atoms with Crippen molar-refractivity contribution in [2.75, 3.05) is 13.1 Å². The minimum Gasteiger partial charge on any atom is -0.480 e. The molecular formula is C18H26N2O3. The number of hydrogen-bond acceptors (Lipinski definition) is 3. The molecule has 0 radical (unpaired) electrons. The molecule has 5 heteroatoms. The lowest BCUT2D eigenvalue weighted by molar-refractivity contribution is -0.141. The smallest absolute Gasteiger partial charge is 0.263 e. The Bertz CT molecular complexity index is 578. The largest absolute Gasteiger partial charge is 0.480 e. The van der Waals surface area contributed by atoms with Crippen LogP contribution in [-0.2, 0) is 9.59 Å². The Morgan fingerprint density at radius 1 is 1.30 bits per heavy atom. The Balaban J connectivity index is 2.02. The van der Waals surface area contributed by atoms with Crippen LogP contribution in [-0.4, -0.2) is 35.9 Å². The molecular weight excluding hydrogens is 292 g/mol. The number of aryl methyl sites for hydroxylation is 2. The second-order valence-electron chi connectivity index (χ2n) is 6.29. The number of hydrogen-bond donors (Lipinski definition) is 1. The van der Waals surface area contributed by atoms with E-state index in [1.165, 1.54) is 0 Å². The van der Waals surface area contributed by atoms with Crippen molar-refractivity contribution in [2.45, 2.75) is 46.1 Å². The molecule has 2 rings (SSSR count). The SMILES string of the molecule is CC[C@H](Oc1cc(C)ccc1C)C(=O)N1CCC(C(N)=O)CC1. The van der Waals surface area contributed by atoms with Crippen LogP contribution >= 0.6 is 0 Å². The van der Waals surface area contributed by atoms with Crippen molar-refractivity contribution in [2.24, 2.45) is 11.7 Å². The third-order valence-electron chi connectivity index (χ3n) is 4.47. The number of benzene rings is 1. The second kappa shape index (κ2) is 7.49. The quantitative estimate of drug-likeness (QED) is 0.904. The van der Waals surface area contributed by atoms with Gasteiger partial charge in [-0.15, -0.1) is 0 Å². The van der Waals surface area contributed by atoms with Gasteiger partial charge in [0.05, 0.1) is 0 Å². The molecule has 0 spiro atoms. The van der Waals surface area contributed by atoms with Gasteiger partial charge in [-0.3, -0.25) is 9.59 Å². The van der Waals surface area contributed by atoms with Crippen LogP contribution in [0.5, 0.6) is 5.75 Å². The minimum atomic E-state index is -0.486. The summed E-state index contributed by atoms with van der Waals surface area (Å²) < 4.78 is 5.98. The van der Waals surface area contributed by atoms with Crippen molar-refractivity contribution in [1.82, 2.24) is 4.90 Å². The highest BCUT2D eigenvalue weighted by molar-refractivity contribution is 5.82. The van der Waals surface area contributed by atoms with E-state index in [2.05, 4.69) is 0 Å². The molecule has 1 aromatic rings. The van der Waals surface area contributed by atoms with Gasteiger partial charge in [0.25, 0.3) is 5.91 Å². The van der Waals surface area contributed by atoms with Crippen LogP contribution in [0.3, 0.4) is 0 Å². The molecule has 5 nitrogen and oxygen atoms in total. The van der Waals surface area contributed by atoms with Crippen molar-refractivity contribution >= 4 is 11.8 Å². The van der Waals surface area contributed by atoms with Crippen molar-refractivity contribution in [3.05, 3.63) is 29.3 Å². The topological polar surface area (TPSA) is 72.6 Å². The van der Waals surface area contributed by atoms with E-state index in [4.69, 9.17) is 10.5 Å². The van der Waals surface area contributed by atoms with Gasteiger partial charge in [0, 0.05) is 19.0 Å². The number of primary amides is 1. The van der Waals surface area contributed by atoms with Crippen molar-refractivity contribution in [3.8, 4) is 5.75 Å². The average Bonchev–Trinajstić information content (AvgIpc) is 2.55. The highest BCUT2D eigenvalue weighted by Crippen LogP contribution is 2.23. The maximum Gasteiger partial charge on any atom is 0.263 e. The maximum atomic E-state index is 12.7. The first-order chi connectivity index (χ1) is 10.9. The molecule has 2 N–H and O–H groups in total. The Hall–Kier alpha value is -2.04. The summed E-state index contributed by atoms with van der Waals surface area (Å²) in [5.74, 6) is 0.378. The number of likely N-dealkylation sites (tertiary alicyclic amines) is 1. The van der Waals surface area contributed by atoms with Gasteiger partial charge in [-0.05, 0) is 50.3 Å². The molecule has 1 fully saturated rings. The molecule has 1 atom stereocenters. The number of nitrogens with zero attached hydrogens (tertiary/aromatic N) is 1. The van der Waals surface area contributed by atoms with Gasteiger partial charge in [-0.1, -0.05) is 19.1 Å². The normalized spacial score (nSPS) is 16.9. The standard InChI is InChI=1S/C18H26N2O3/c1-4-15(23-16-11-12(2)5-6-13(16)3)18(22)20-9-7-14(8-10-20)17(19)21/h5-6,11,14-15H,4,7-10H2,1-3H3,(H2,19,21)/t15-/m0/s1. The minimum absolute atomic E-state index is 0.00340. The molecule has 0 aliphatic carbocycles. The Labute approximate surface area is 137 Å². The van der Waals surface area contributed by atoms with E-state index in [1.807, 2.05) is 39.0 Å². The van der Waals surface area contributed by atoms with E-state index >= 15 is 0 Å². The predicted octanol–water partition coefficient (Wildman–Crippen LogP) is 2.18. The molecule has 1 saturated heterocycles. The van der Waals surface area contributed by atoms with E-state index in [-0.39, 0.29) is 17.7 Å². The summed E-state index contributed by atoms with van der Waals surface area (Å²) in [7, 11) is 0. The van der Waals surface area contributed by atoms with Crippen LogP contribution in [0.25, 0.3) is 0 Å². The van der Waals surface area contributed by atoms with Crippen molar-refractivity contribution < 1.29 is 14.3 Å². The highest BCUT2D eigenvalue weighted by atomic mass is 16.5. The molecule has 1 heterocycles. The van der Waals surface area contributed by atoms with Crippen LogP contribution in [0, 0.1) is 19.8 Å². The lowest BCUT2D eigenvalue weighted by Crippen LogP contribution is -2.47. The number of piperidine rings is 1. The summed E-state index contributed by atoms with van der Waals surface area (Å²) in [6, 6.07) is 5.99. The number of amides is 2. The van der Waals surface area contributed by atoms with Gasteiger partial charge < -0.3 is 15.4 Å². The molecule has 0 aromatic heterocycles. The number of carbonyl (C=O) groups excluding carboxylic acids is 2. The fourth-order valence-corrected chi connectivity index (χ4v) is 2.88. The number of rotatable bonds is 5. The second-order valence-corrected chi connectivity index (χ2v) is 6.29. The fourth-order valence-electron chi connectivity index (χ4n) is 2.88. The molecule has 0 bridgehead atoms. The van der Waals surface area contributed by atoms with Gasteiger partial charge >= 0.3 is 0 Å². The summed E-state index contributed by atoms with van der Waals surface area (Å²) in [6.45, 7) is 7.07. The lowest BCUT2D eigenvalue weighted by Gasteiger charge is -2.33. The highest BCUT2D eigenvalue weighted by Gasteiger charge is 2.30. The predicted molar refractivity (Wildman–Crippen MR) is 89.1 cm³/mol. The summed E-state index contributed by atoms with van der Waals surface area (Å²) in [5, 5.41) is 0. The zero-order valence-electron chi connectivity index (χ0n) is 14.2. The van der Waals surface area contributed by atoms with Gasteiger partial charge in [0.15, 0.2) is 6.10 Å². The maximum absolute atomic E-state index is 12.7. The molecule has 1 aromatic carbocycles. The summed E-state index contributed by atoms with van der Waals surface area (Å²) in [4.78, 5) is 25.7. The van der Waals surface area contributed by atoms with E-state index in [0.29, 0.717) is 32.4 Å². The summed E-state index contributed by atoms with van der Waals surface area (Å²) >= 11 is 0. The first kappa shape index (κ1) is 17.3. The monoisotopic (exact) mass is 318 g/mol. The van der Waals surface area contributed by atoms with Crippen LogP contribution in [0.15, 0.2) is 18.2 Å². The Morgan fingerprint density at radius 3 is 2.52 bits per heavy atom. The molecule has 126 valence electrons. The van der Waals surface area contributed by atoms with Crippen LogP contribution < -0.4 is 10.5 Å². The molecule has 1 aliphatic heterocycles. The lowest BCUT2D eigenvalue weighted by atomic mass is 9.96. The first-order valence-corrected chi connectivity index (χ1v) is 8.24. The molecule has 23 heavy (non-hydrogen) atoms. The molecule has 0 unspecified atom stereocenters. The number of ether oxygens (including phenoxy) is 1. The third kappa shape index (κ3) is 4.24. The van der Waals surface area contributed by atoms with Crippen LogP contribution in [0.4, 0.5) is 0 Å². The zero-order chi connectivity index (χ0) is 17.0. The van der Waals surface area contributed by atoms with Gasteiger partial charge in [-0.25, -0.2) is 0 Å². The van der Waals surface area contributed by atoms with E-state index in [0.717, 1.165) is 16.9 Å². The first-order valence-electron chi connectivity index (χ1n) is 8.24. The van der Waals surface area contributed by atoms with Crippen LogP contribution in [0.2, 0.25) is 0 Å². The summed E-state index contributed by atoms with van der Waals surface area (Å²) in [5.41, 5.74) is 7.47. The van der Waals surface area contributed by atoms with Crippen molar-refractivity contribution in [3.63, 3.8) is 0 Å². The number of nitrogens with two attached hydrogens (primary N) is 1.